The van der Waals surface area contributed by atoms with Crippen LogP contribution in [0.15, 0.2) is 24.3 Å². The molecule has 1 aromatic rings. The number of nitrogens with one attached hydrogen (secondary N) is 1. The van der Waals surface area contributed by atoms with Crippen LogP contribution in [0.5, 0.6) is 0 Å². The van der Waals surface area contributed by atoms with Crippen LogP contribution in [0.3, 0.4) is 0 Å². The Hall–Kier alpha value is -2.55. The predicted molar refractivity (Wildman–Crippen MR) is 102 cm³/mol. The summed E-state index contributed by atoms with van der Waals surface area (Å²) < 4.78 is -0.568. The molecule has 150 valence electrons. The topological polar surface area (TPSA) is 124 Å². The molecule has 0 radical (unpaired) electrons. The van der Waals surface area contributed by atoms with E-state index in [9.17, 15) is 24.3 Å². The summed E-state index contributed by atoms with van der Waals surface area (Å²) in [6.07, 6.45) is 1.15. The van der Waals surface area contributed by atoms with Gasteiger partial charge in [-0.3, -0.25) is 9.59 Å². The fraction of sp³-hybridized carbons (Fsp3) is 0.474. The maximum Gasteiger partial charge on any atom is 0.335 e. The Balaban J connectivity index is 1.70. The van der Waals surface area contributed by atoms with Crippen molar-refractivity contribution in [1.82, 2.24) is 10.2 Å². The third-order valence-corrected chi connectivity index (χ3v) is 7.51. The quantitative estimate of drug-likeness (QED) is 0.584. The molecule has 2 fully saturated rings. The van der Waals surface area contributed by atoms with Gasteiger partial charge in [0.15, 0.2) is 0 Å². The van der Waals surface area contributed by atoms with E-state index in [1.807, 2.05) is 13.8 Å². The average molecular weight is 406 g/mol. The van der Waals surface area contributed by atoms with Gasteiger partial charge in [0.2, 0.25) is 11.8 Å². The second-order valence-electron chi connectivity index (χ2n) is 6.99. The number of benzene rings is 1. The molecule has 2 unspecified atom stereocenters. The summed E-state index contributed by atoms with van der Waals surface area (Å²) in [6, 6.07) is 4.40. The SMILES string of the molecule is CCC1(CC)S[C@@H]2C(NC(=O)Cc3cccc(C(=O)O)c3)C(=O)N2C1C(=O)O. The molecule has 3 N–H and O–H groups in total. The molecule has 28 heavy (non-hydrogen) atoms. The molecule has 2 heterocycles. The van der Waals surface area contributed by atoms with Crippen molar-refractivity contribution in [3.05, 3.63) is 35.4 Å². The van der Waals surface area contributed by atoms with Crippen LogP contribution >= 0.6 is 11.8 Å². The number of β-lactam (4-membered cyclic amide) rings is 1. The maximum absolute atomic E-state index is 12.6. The number of fused-ring (bicyclic) bond motifs is 1. The van der Waals surface area contributed by atoms with E-state index in [2.05, 4.69) is 5.32 Å². The predicted octanol–water partition coefficient (Wildman–Crippen LogP) is 1.34. The second kappa shape index (κ2) is 7.46. The number of hydrogen-bond acceptors (Lipinski definition) is 5. The highest BCUT2D eigenvalue weighted by atomic mass is 32.2. The van der Waals surface area contributed by atoms with Crippen LogP contribution in [0, 0.1) is 0 Å². The van der Waals surface area contributed by atoms with E-state index in [4.69, 9.17) is 5.11 Å². The highest BCUT2D eigenvalue weighted by Crippen LogP contribution is 2.54. The van der Waals surface area contributed by atoms with Gasteiger partial charge in [-0.1, -0.05) is 26.0 Å². The van der Waals surface area contributed by atoms with Gasteiger partial charge in [-0.25, -0.2) is 9.59 Å². The fourth-order valence-electron chi connectivity index (χ4n) is 3.95. The number of aliphatic carboxylic acids is 1. The van der Waals surface area contributed by atoms with Crippen molar-refractivity contribution in [3.8, 4) is 0 Å². The average Bonchev–Trinajstić information content (AvgIpc) is 2.98. The van der Waals surface area contributed by atoms with Crippen LogP contribution in [0.2, 0.25) is 0 Å². The lowest BCUT2D eigenvalue weighted by Crippen LogP contribution is -2.70. The summed E-state index contributed by atoms with van der Waals surface area (Å²) >= 11 is 1.44. The molecular weight excluding hydrogens is 384 g/mol. The highest BCUT2D eigenvalue weighted by molar-refractivity contribution is 8.01. The Morgan fingerprint density at radius 2 is 1.89 bits per heavy atom. The first kappa shape index (κ1) is 20.2. The molecule has 2 aliphatic heterocycles. The van der Waals surface area contributed by atoms with Crippen molar-refractivity contribution in [1.29, 1.82) is 0 Å². The van der Waals surface area contributed by atoms with Gasteiger partial charge in [-0.05, 0) is 30.5 Å². The first-order valence-corrected chi connectivity index (χ1v) is 9.96. The normalized spacial score (nSPS) is 25.0. The van der Waals surface area contributed by atoms with Crippen molar-refractivity contribution in [2.24, 2.45) is 0 Å². The van der Waals surface area contributed by atoms with E-state index in [0.717, 1.165) is 0 Å². The standard InChI is InChI=1S/C19H22N2O6S/c1-3-19(4-2)14(18(26)27)21-15(23)13(16(21)28-19)20-12(22)9-10-6-5-7-11(8-10)17(24)25/h5-8,13-14,16H,3-4,9H2,1-2H3,(H,20,22)(H,24,25)(H,26,27)/t13?,14?,16-/m1/s1. The van der Waals surface area contributed by atoms with E-state index in [0.29, 0.717) is 18.4 Å². The molecule has 0 aliphatic carbocycles. The molecule has 0 spiro atoms. The van der Waals surface area contributed by atoms with E-state index in [1.165, 1.54) is 28.8 Å². The van der Waals surface area contributed by atoms with E-state index >= 15 is 0 Å². The number of carbonyl (C=O) groups excluding carboxylic acids is 2. The van der Waals surface area contributed by atoms with Gasteiger partial charge in [-0.15, -0.1) is 11.8 Å². The summed E-state index contributed by atoms with van der Waals surface area (Å²) in [5, 5.41) is 21.0. The first-order valence-electron chi connectivity index (χ1n) is 9.08. The van der Waals surface area contributed by atoms with Crippen LogP contribution in [-0.4, -0.2) is 61.1 Å². The van der Waals surface area contributed by atoms with Crippen molar-refractivity contribution in [2.75, 3.05) is 0 Å². The summed E-state index contributed by atoms with van der Waals surface area (Å²) in [5.74, 6) is -2.90. The van der Waals surface area contributed by atoms with Crippen molar-refractivity contribution >= 4 is 35.5 Å². The zero-order valence-corrected chi connectivity index (χ0v) is 16.4. The van der Waals surface area contributed by atoms with Gasteiger partial charge in [0.25, 0.3) is 0 Å². The number of rotatable bonds is 7. The van der Waals surface area contributed by atoms with Gasteiger partial charge in [-0.2, -0.15) is 0 Å². The number of carboxylic acids is 2. The monoisotopic (exact) mass is 406 g/mol. The van der Waals surface area contributed by atoms with Crippen molar-refractivity contribution < 1.29 is 29.4 Å². The number of aromatic carboxylic acids is 1. The third-order valence-electron chi connectivity index (χ3n) is 5.50. The largest absolute Gasteiger partial charge is 0.480 e. The molecule has 9 heteroatoms. The number of carbonyl (C=O) groups is 4. The molecule has 0 saturated carbocycles. The van der Waals surface area contributed by atoms with Crippen LogP contribution in [0.25, 0.3) is 0 Å². The molecule has 3 atom stereocenters. The molecule has 0 aromatic heterocycles. The number of amides is 2. The third kappa shape index (κ3) is 3.23. The van der Waals surface area contributed by atoms with Gasteiger partial charge >= 0.3 is 11.9 Å². The minimum atomic E-state index is -1.08. The van der Waals surface area contributed by atoms with Gasteiger partial charge < -0.3 is 20.4 Å². The molecule has 0 bridgehead atoms. The van der Waals surface area contributed by atoms with E-state index < -0.39 is 40.1 Å². The minimum Gasteiger partial charge on any atom is -0.480 e. The summed E-state index contributed by atoms with van der Waals surface area (Å²) in [4.78, 5) is 49.2. The zero-order chi connectivity index (χ0) is 20.6. The zero-order valence-electron chi connectivity index (χ0n) is 15.5. The first-order chi connectivity index (χ1) is 13.2. The van der Waals surface area contributed by atoms with Crippen LogP contribution in [-0.2, 0) is 20.8 Å². The number of carboxylic acid groups (broad SMARTS) is 2. The van der Waals surface area contributed by atoms with Crippen LogP contribution < -0.4 is 5.32 Å². The van der Waals surface area contributed by atoms with Gasteiger partial charge in [0.1, 0.15) is 17.5 Å². The number of thioether (sulfide) groups is 1. The van der Waals surface area contributed by atoms with Crippen LogP contribution in [0.1, 0.15) is 42.6 Å². The minimum absolute atomic E-state index is 0.0582. The second-order valence-corrected chi connectivity index (χ2v) is 8.53. The van der Waals surface area contributed by atoms with Crippen molar-refractivity contribution in [3.63, 3.8) is 0 Å². The Kier molecular flexibility index (Phi) is 5.38. The Bertz CT molecular complexity index is 837. The Labute approximate surface area is 166 Å². The molecule has 2 aliphatic rings. The Morgan fingerprint density at radius 3 is 2.46 bits per heavy atom. The molecule has 2 amide bonds. The fourth-order valence-corrected chi connectivity index (χ4v) is 5.77. The summed E-state index contributed by atoms with van der Waals surface area (Å²) in [6.45, 7) is 3.82. The molecular formula is C19H22N2O6S. The molecule has 3 rings (SSSR count). The number of nitrogens with zero attached hydrogens (tertiary/aromatic N) is 1. The number of hydrogen-bond donors (Lipinski definition) is 3. The lowest BCUT2D eigenvalue weighted by molar-refractivity contribution is -0.161. The Morgan fingerprint density at radius 1 is 1.21 bits per heavy atom. The van der Waals surface area contributed by atoms with Crippen molar-refractivity contribution in [2.45, 2.75) is 55.3 Å². The summed E-state index contributed by atoms with van der Waals surface area (Å²) in [7, 11) is 0. The molecule has 2 saturated heterocycles. The van der Waals surface area contributed by atoms with E-state index in [-0.39, 0.29) is 17.9 Å². The van der Waals surface area contributed by atoms with Gasteiger partial charge in [0, 0.05) is 4.75 Å². The van der Waals surface area contributed by atoms with E-state index in [1.54, 1.807) is 12.1 Å². The summed E-state index contributed by atoms with van der Waals surface area (Å²) in [5.41, 5.74) is 0.613. The molecule has 1 aromatic carbocycles. The highest BCUT2D eigenvalue weighted by Gasteiger charge is 2.65. The molecule has 8 nitrogen and oxygen atoms in total. The van der Waals surface area contributed by atoms with Gasteiger partial charge in [0.05, 0.1) is 12.0 Å². The lowest BCUT2D eigenvalue weighted by Gasteiger charge is -2.43. The lowest BCUT2D eigenvalue weighted by atomic mass is 9.89. The smallest absolute Gasteiger partial charge is 0.335 e. The van der Waals surface area contributed by atoms with Crippen LogP contribution in [0.4, 0.5) is 0 Å². The maximum atomic E-state index is 12.6.